The molecule has 0 spiro atoms. The van der Waals surface area contributed by atoms with Crippen LogP contribution in [0.3, 0.4) is 0 Å². The van der Waals surface area contributed by atoms with Crippen LogP contribution in [0.1, 0.15) is 25.8 Å². The molecule has 0 aliphatic carbocycles. The van der Waals surface area contributed by atoms with E-state index < -0.39 is 0 Å². The predicted molar refractivity (Wildman–Crippen MR) is 90.8 cm³/mol. The van der Waals surface area contributed by atoms with Crippen LogP contribution in [0.5, 0.6) is 0 Å². The Kier molecular flexibility index (Phi) is 4.88. The summed E-state index contributed by atoms with van der Waals surface area (Å²) in [5, 5.41) is 12.1. The topological polar surface area (TPSA) is 91.9 Å². The lowest BCUT2D eigenvalue weighted by atomic mass is 10.0. The summed E-state index contributed by atoms with van der Waals surface area (Å²) >= 11 is 0. The van der Waals surface area contributed by atoms with Crippen LogP contribution in [0.4, 0.5) is 5.82 Å². The van der Waals surface area contributed by atoms with Crippen LogP contribution in [0.2, 0.25) is 0 Å². The lowest BCUT2D eigenvalue weighted by Gasteiger charge is -2.08. The van der Waals surface area contributed by atoms with Crippen LogP contribution < -0.4 is 11.1 Å². The molecule has 4 N–H and O–H groups in total. The van der Waals surface area contributed by atoms with Gasteiger partial charge < -0.3 is 16.5 Å². The molecule has 0 saturated heterocycles. The average molecular weight is 296 g/mol. The summed E-state index contributed by atoms with van der Waals surface area (Å²) in [6.07, 6.45) is 4.81. The molecule has 0 radical (unpaired) electrons. The van der Waals surface area contributed by atoms with Gasteiger partial charge in [0.25, 0.3) is 0 Å². The summed E-state index contributed by atoms with van der Waals surface area (Å²) in [4.78, 5) is 16.1. The number of anilines is 1. The zero-order chi connectivity index (χ0) is 16.1. The molecule has 0 aliphatic rings. The summed E-state index contributed by atoms with van der Waals surface area (Å²) in [7, 11) is 0. The first-order valence-electron chi connectivity index (χ1n) is 7.16. The van der Waals surface area contributed by atoms with Crippen molar-refractivity contribution in [1.82, 2.24) is 4.98 Å². The number of amides is 1. The molecule has 0 unspecified atom stereocenters. The molecule has 2 aromatic rings. The third-order valence-corrected chi connectivity index (χ3v) is 3.25. The Morgan fingerprint density at radius 3 is 2.77 bits per heavy atom. The second kappa shape index (κ2) is 6.85. The lowest BCUT2D eigenvalue weighted by Crippen LogP contribution is -2.14. The van der Waals surface area contributed by atoms with Crippen LogP contribution in [0.25, 0.3) is 16.3 Å². The molecule has 1 aromatic heterocycles. The van der Waals surface area contributed by atoms with E-state index in [-0.39, 0.29) is 5.91 Å². The van der Waals surface area contributed by atoms with Crippen LogP contribution in [-0.2, 0) is 4.79 Å². The number of nitrogens with one attached hydrogen (secondary N) is 2. The van der Waals surface area contributed by atoms with Gasteiger partial charge in [-0.25, -0.2) is 4.98 Å². The smallest absolute Gasteiger partial charge is 0.225 e. The van der Waals surface area contributed by atoms with Crippen molar-refractivity contribution >= 4 is 34.3 Å². The molecule has 1 heterocycles. The number of carbonyl (C=O) groups is 1. The van der Waals surface area contributed by atoms with Crippen LogP contribution >= 0.6 is 0 Å². The Morgan fingerprint density at radius 2 is 2.14 bits per heavy atom. The first-order valence-corrected chi connectivity index (χ1v) is 7.16. The van der Waals surface area contributed by atoms with Gasteiger partial charge in [-0.1, -0.05) is 26.0 Å². The van der Waals surface area contributed by atoms with E-state index in [4.69, 9.17) is 11.1 Å². The fraction of sp³-hybridized carbons (Fsp3) is 0.235. The number of rotatable bonds is 5. The summed E-state index contributed by atoms with van der Waals surface area (Å²) in [5.41, 5.74) is 7.02. The second-order valence-electron chi connectivity index (χ2n) is 5.54. The Balaban J connectivity index is 2.32. The third-order valence-electron chi connectivity index (χ3n) is 3.25. The number of hydrogen-bond donors (Lipinski definition) is 3. The number of aromatic nitrogens is 1. The normalized spacial score (nSPS) is 11.7. The molecular weight excluding hydrogens is 276 g/mol. The third kappa shape index (κ3) is 3.69. The van der Waals surface area contributed by atoms with Crippen molar-refractivity contribution in [2.45, 2.75) is 20.3 Å². The van der Waals surface area contributed by atoms with E-state index in [2.05, 4.69) is 10.3 Å². The van der Waals surface area contributed by atoms with Crippen LogP contribution in [-0.4, -0.2) is 17.1 Å². The van der Waals surface area contributed by atoms with Crippen LogP contribution in [0.15, 0.2) is 36.7 Å². The number of allylic oxidation sites excluding steroid dienone is 1. The number of pyridine rings is 1. The van der Waals surface area contributed by atoms with E-state index in [1.165, 1.54) is 12.4 Å². The maximum absolute atomic E-state index is 11.8. The van der Waals surface area contributed by atoms with Gasteiger partial charge in [-0.3, -0.25) is 4.79 Å². The first-order chi connectivity index (χ1) is 10.5. The monoisotopic (exact) mass is 296 g/mol. The fourth-order valence-electron chi connectivity index (χ4n) is 2.18. The maximum atomic E-state index is 11.8. The van der Waals surface area contributed by atoms with Crippen molar-refractivity contribution in [2.24, 2.45) is 11.7 Å². The minimum Gasteiger partial charge on any atom is -0.404 e. The number of benzene rings is 1. The van der Waals surface area contributed by atoms with Gasteiger partial charge in [-0.2, -0.15) is 0 Å². The van der Waals surface area contributed by atoms with Crippen molar-refractivity contribution in [3.63, 3.8) is 0 Å². The standard InChI is InChI=1S/C17H20N4O/c1-11(2)5-17(22)21-16-7-14-6-12(15(8-18)9-19)3-4-13(14)10-20-16/h3-4,6-11,18H,5,19H2,1-2H3,(H,20,21,22)/b15-9+,18-8?. The molecule has 1 amide bonds. The molecule has 0 bridgehead atoms. The summed E-state index contributed by atoms with van der Waals surface area (Å²) < 4.78 is 0. The van der Waals surface area contributed by atoms with E-state index in [9.17, 15) is 4.79 Å². The molecule has 5 nitrogen and oxygen atoms in total. The van der Waals surface area contributed by atoms with Gasteiger partial charge in [0.1, 0.15) is 5.82 Å². The van der Waals surface area contributed by atoms with E-state index in [1.807, 2.05) is 38.1 Å². The molecule has 114 valence electrons. The first kappa shape index (κ1) is 15.7. The van der Waals surface area contributed by atoms with Gasteiger partial charge in [0.15, 0.2) is 0 Å². The van der Waals surface area contributed by atoms with Gasteiger partial charge in [-0.15, -0.1) is 0 Å². The van der Waals surface area contributed by atoms with E-state index in [0.29, 0.717) is 23.7 Å². The van der Waals surface area contributed by atoms with E-state index in [0.717, 1.165) is 16.3 Å². The van der Waals surface area contributed by atoms with Gasteiger partial charge in [0.05, 0.1) is 0 Å². The average Bonchev–Trinajstić information content (AvgIpc) is 2.47. The highest BCUT2D eigenvalue weighted by Crippen LogP contribution is 2.22. The van der Waals surface area contributed by atoms with Crippen molar-refractivity contribution < 1.29 is 4.79 Å². The zero-order valence-corrected chi connectivity index (χ0v) is 12.8. The van der Waals surface area contributed by atoms with Crippen molar-refractivity contribution in [3.05, 3.63) is 42.2 Å². The van der Waals surface area contributed by atoms with Gasteiger partial charge in [0, 0.05) is 36.0 Å². The number of hydrogen-bond acceptors (Lipinski definition) is 4. The molecule has 22 heavy (non-hydrogen) atoms. The number of carbonyl (C=O) groups excluding carboxylic acids is 1. The molecule has 2 rings (SSSR count). The molecule has 5 heteroatoms. The van der Waals surface area contributed by atoms with Gasteiger partial charge in [0.2, 0.25) is 5.91 Å². The van der Waals surface area contributed by atoms with Gasteiger partial charge in [-0.05, 0) is 29.0 Å². The Bertz CT molecular complexity index is 735. The molecule has 1 aromatic carbocycles. The highest BCUT2D eigenvalue weighted by Gasteiger charge is 2.07. The number of nitrogens with two attached hydrogens (primary N) is 1. The summed E-state index contributed by atoms with van der Waals surface area (Å²) in [6, 6.07) is 7.57. The molecule has 0 saturated carbocycles. The van der Waals surface area contributed by atoms with Crippen molar-refractivity contribution in [1.29, 1.82) is 5.41 Å². The number of nitrogens with zero attached hydrogens (tertiary/aromatic N) is 1. The number of fused-ring (bicyclic) bond motifs is 1. The zero-order valence-electron chi connectivity index (χ0n) is 12.8. The highest BCUT2D eigenvalue weighted by molar-refractivity contribution is 6.09. The molecule has 0 atom stereocenters. The molecule has 0 fully saturated rings. The molecular formula is C17H20N4O. The highest BCUT2D eigenvalue weighted by atomic mass is 16.1. The second-order valence-corrected chi connectivity index (χ2v) is 5.54. The van der Waals surface area contributed by atoms with Crippen molar-refractivity contribution in [3.8, 4) is 0 Å². The Hall–Kier alpha value is -2.69. The largest absolute Gasteiger partial charge is 0.404 e. The Morgan fingerprint density at radius 1 is 1.36 bits per heavy atom. The lowest BCUT2D eigenvalue weighted by molar-refractivity contribution is -0.116. The van der Waals surface area contributed by atoms with Crippen molar-refractivity contribution in [2.75, 3.05) is 5.32 Å². The van der Waals surface area contributed by atoms with E-state index >= 15 is 0 Å². The van der Waals surface area contributed by atoms with E-state index in [1.54, 1.807) is 6.20 Å². The quantitative estimate of drug-likeness (QED) is 0.740. The minimum absolute atomic E-state index is 0.0416. The summed E-state index contributed by atoms with van der Waals surface area (Å²) in [5.74, 6) is 0.792. The molecule has 0 aliphatic heterocycles. The maximum Gasteiger partial charge on any atom is 0.225 e. The minimum atomic E-state index is -0.0416. The van der Waals surface area contributed by atoms with Gasteiger partial charge >= 0.3 is 0 Å². The van der Waals surface area contributed by atoms with Crippen LogP contribution in [0, 0.1) is 11.3 Å². The Labute approximate surface area is 129 Å². The predicted octanol–water partition coefficient (Wildman–Crippen LogP) is 3.17. The fourth-order valence-corrected chi connectivity index (χ4v) is 2.18. The SMILES string of the molecule is CC(C)CC(=O)Nc1cc2cc(/C(C=N)=C/N)ccc2cn1. The summed E-state index contributed by atoms with van der Waals surface area (Å²) in [6.45, 7) is 4.00.